The fourth-order valence-electron chi connectivity index (χ4n) is 1.47. The van der Waals surface area contributed by atoms with Crippen molar-refractivity contribution in [3.63, 3.8) is 0 Å². The molecule has 1 rings (SSSR count). The van der Waals surface area contributed by atoms with Gasteiger partial charge in [-0.2, -0.15) is 0 Å². The first-order valence-electron chi connectivity index (χ1n) is 4.53. The standard InChI is InChI=1S/C9H17NO2/c1-7(2)8-5-10(6-8)4-3-9(11)12/h7-8H,3-6H2,1-2H3,(H,11,12). The fraction of sp³-hybridized carbons (Fsp3) is 0.889. The fourth-order valence-corrected chi connectivity index (χ4v) is 1.47. The average Bonchev–Trinajstić information content (AvgIpc) is 1.82. The smallest absolute Gasteiger partial charge is 0.304 e. The van der Waals surface area contributed by atoms with Crippen molar-refractivity contribution in [2.45, 2.75) is 20.3 Å². The molecule has 12 heavy (non-hydrogen) atoms. The van der Waals surface area contributed by atoms with E-state index in [-0.39, 0.29) is 6.42 Å². The van der Waals surface area contributed by atoms with Crippen molar-refractivity contribution < 1.29 is 9.90 Å². The molecule has 0 amide bonds. The van der Waals surface area contributed by atoms with E-state index in [1.54, 1.807) is 0 Å². The zero-order valence-corrected chi connectivity index (χ0v) is 7.79. The molecule has 1 heterocycles. The van der Waals surface area contributed by atoms with Gasteiger partial charge in [0.05, 0.1) is 6.42 Å². The monoisotopic (exact) mass is 171 g/mol. The Morgan fingerprint density at radius 3 is 2.58 bits per heavy atom. The van der Waals surface area contributed by atoms with Gasteiger partial charge >= 0.3 is 5.97 Å². The first-order chi connectivity index (χ1) is 5.59. The number of carboxylic acid groups (broad SMARTS) is 1. The maximum absolute atomic E-state index is 10.2. The van der Waals surface area contributed by atoms with Crippen molar-refractivity contribution in [1.29, 1.82) is 0 Å². The first kappa shape index (κ1) is 9.52. The SMILES string of the molecule is CC(C)C1CN(CCC(=O)O)C1. The van der Waals surface area contributed by atoms with Gasteiger partial charge in [0.25, 0.3) is 0 Å². The van der Waals surface area contributed by atoms with Crippen LogP contribution in [0.25, 0.3) is 0 Å². The number of hydrogen-bond donors (Lipinski definition) is 1. The second-order valence-corrected chi connectivity index (χ2v) is 3.91. The van der Waals surface area contributed by atoms with E-state index in [2.05, 4.69) is 18.7 Å². The number of aliphatic carboxylic acids is 1. The van der Waals surface area contributed by atoms with Crippen LogP contribution < -0.4 is 0 Å². The van der Waals surface area contributed by atoms with Crippen LogP contribution in [0.3, 0.4) is 0 Å². The number of hydrogen-bond acceptors (Lipinski definition) is 2. The molecule has 0 atom stereocenters. The van der Waals surface area contributed by atoms with E-state index in [9.17, 15) is 4.79 Å². The average molecular weight is 171 g/mol. The van der Waals surface area contributed by atoms with E-state index in [0.29, 0.717) is 0 Å². The quantitative estimate of drug-likeness (QED) is 0.687. The molecule has 1 N–H and O–H groups in total. The Morgan fingerprint density at radius 1 is 1.58 bits per heavy atom. The highest BCUT2D eigenvalue weighted by Crippen LogP contribution is 2.22. The lowest BCUT2D eigenvalue weighted by atomic mass is 9.88. The van der Waals surface area contributed by atoms with Gasteiger partial charge in [-0.25, -0.2) is 0 Å². The molecule has 0 aromatic carbocycles. The van der Waals surface area contributed by atoms with E-state index < -0.39 is 5.97 Å². The summed E-state index contributed by atoms with van der Waals surface area (Å²) in [5.41, 5.74) is 0. The number of rotatable bonds is 4. The van der Waals surface area contributed by atoms with E-state index in [4.69, 9.17) is 5.11 Å². The summed E-state index contributed by atoms with van der Waals surface area (Å²) in [4.78, 5) is 12.4. The van der Waals surface area contributed by atoms with E-state index >= 15 is 0 Å². The predicted octanol–water partition coefficient (Wildman–Crippen LogP) is 1.05. The molecule has 1 saturated heterocycles. The molecule has 0 radical (unpaired) electrons. The van der Waals surface area contributed by atoms with Crippen molar-refractivity contribution in [3.8, 4) is 0 Å². The lowest BCUT2D eigenvalue weighted by Crippen LogP contribution is -2.49. The number of likely N-dealkylation sites (tertiary alicyclic amines) is 1. The van der Waals surface area contributed by atoms with Gasteiger partial charge in [0, 0.05) is 19.6 Å². The minimum absolute atomic E-state index is 0.283. The molecule has 0 bridgehead atoms. The summed E-state index contributed by atoms with van der Waals surface area (Å²) in [7, 11) is 0. The number of nitrogens with zero attached hydrogens (tertiary/aromatic N) is 1. The van der Waals surface area contributed by atoms with Crippen LogP contribution in [0.15, 0.2) is 0 Å². The highest BCUT2D eigenvalue weighted by molar-refractivity contribution is 5.66. The van der Waals surface area contributed by atoms with Gasteiger partial charge < -0.3 is 10.0 Å². The minimum atomic E-state index is -0.692. The molecule has 3 heteroatoms. The zero-order chi connectivity index (χ0) is 9.14. The Balaban J connectivity index is 2.06. The molecule has 70 valence electrons. The molecule has 0 unspecified atom stereocenters. The summed E-state index contributed by atoms with van der Waals surface area (Å²) < 4.78 is 0. The summed E-state index contributed by atoms with van der Waals surface area (Å²) in [6.07, 6.45) is 0.283. The van der Waals surface area contributed by atoms with Crippen LogP contribution in [0.2, 0.25) is 0 Å². The van der Waals surface area contributed by atoms with Crippen LogP contribution >= 0.6 is 0 Å². The molecule has 1 fully saturated rings. The van der Waals surface area contributed by atoms with E-state index in [0.717, 1.165) is 31.5 Å². The molecule has 1 aliphatic heterocycles. The van der Waals surface area contributed by atoms with Crippen LogP contribution in [-0.4, -0.2) is 35.6 Å². The summed E-state index contributed by atoms with van der Waals surface area (Å²) >= 11 is 0. The third kappa shape index (κ3) is 2.48. The highest BCUT2D eigenvalue weighted by Gasteiger charge is 2.28. The molecule has 1 aliphatic rings. The molecule has 0 aliphatic carbocycles. The molecule has 0 aromatic rings. The Labute approximate surface area is 73.4 Å². The van der Waals surface area contributed by atoms with Crippen molar-refractivity contribution in [1.82, 2.24) is 4.90 Å². The maximum Gasteiger partial charge on any atom is 0.304 e. The van der Waals surface area contributed by atoms with Gasteiger partial charge in [0.2, 0.25) is 0 Å². The third-order valence-electron chi connectivity index (χ3n) is 2.57. The Morgan fingerprint density at radius 2 is 2.17 bits per heavy atom. The normalized spacial score (nSPS) is 19.6. The lowest BCUT2D eigenvalue weighted by Gasteiger charge is -2.41. The first-order valence-corrected chi connectivity index (χ1v) is 4.53. The second kappa shape index (κ2) is 3.90. The van der Waals surface area contributed by atoms with Crippen LogP contribution in [0.1, 0.15) is 20.3 Å². The van der Waals surface area contributed by atoms with E-state index in [1.807, 2.05) is 0 Å². The zero-order valence-electron chi connectivity index (χ0n) is 7.79. The van der Waals surface area contributed by atoms with Gasteiger partial charge in [-0.1, -0.05) is 13.8 Å². The van der Waals surface area contributed by atoms with Crippen molar-refractivity contribution in [2.24, 2.45) is 11.8 Å². The van der Waals surface area contributed by atoms with Gasteiger partial charge in [-0.15, -0.1) is 0 Å². The molecule has 3 nitrogen and oxygen atoms in total. The Hall–Kier alpha value is -0.570. The maximum atomic E-state index is 10.2. The molecule has 0 aromatic heterocycles. The van der Waals surface area contributed by atoms with Crippen LogP contribution in [0.5, 0.6) is 0 Å². The Bertz CT molecular complexity index is 162. The highest BCUT2D eigenvalue weighted by atomic mass is 16.4. The van der Waals surface area contributed by atoms with Crippen molar-refractivity contribution in [2.75, 3.05) is 19.6 Å². The molecule has 0 spiro atoms. The molecular weight excluding hydrogens is 154 g/mol. The Kier molecular flexibility index (Phi) is 3.09. The number of carboxylic acids is 1. The molecular formula is C9H17NO2. The van der Waals surface area contributed by atoms with Crippen LogP contribution in [0.4, 0.5) is 0 Å². The predicted molar refractivity (Wildman–Crippen MR) is 47.0 cm³/mol. The van der Waals surface area contributed by atoms with Gasteiger partial charge in [0.1, 0.15) is 0 Å². The summed E-state index contributed by atoms with van der Waals surface area (Å²) in [5, 5.41) is 8.43. The van der Waals surface area contributed by atoms with Gasteiger partial charge in [-0.05, 0) is 11.8 Å². The number of carbonyl (C=O) groups is 1. The van der Waals surface area contributed by atoms with E-state index in [1.165, 1.54) is 0 Å². The van der Waals surface area contributed by atoms with Gasteiger partial charge in [-0.3, -0.25) is 4.79 Å². The summed E-state index contributed by atoms with van der Waals surface area (Å²) in [5.74, 6) is 0.841. The second-order valence-electron chi connectivity index (χ2n) is 3.91. The summed E-state index contributed by atoms with van der Waals surface area (Å²) in [6.45, 7) is 7.34. The van der Waals surface area contributed by atoms with Gasteiger partial charge in [0.15, 0.2) is 0 Å². The van der Waals surface area contributed by atoms with Crippen molar-refractivity contribution in [3.05, 3.63) is 0 Å². The lowest BCUT2D eigenvalue weighted by molar-refractivity contribution is -0.137. The van der Waals surface area contributed by atoms with Crippen LogP contribution in [0, 0.1) is 11.8 Å². The topological polar surface area (TPSA) is 40.5 Å². The van der Waals surface area contributed by atoms with Crippen molar-refractivity contribution >= 4 is 5.97 Å². The van der Waals surface area contributed by atoms with Crippen LogP contribution in [-0.2, 0) is 4.79 Å². The largest absolute Gasteiger partial charge is 0.481 e. The summed E-state index contributed by atoms with van der Waals surface area (Å²) in [6, 6.07) is 0. The third-order valence-corrected chi connectivity index (χ3v) is 2.57. The minimum Gasteiger partial charge on any atom is -0.481 e. The molecule has 0 saturated carbocycles.